The van der Waals surface area contributed by atoms with E-state index in [1.807, 2.05) is 13.0 Å². The molecule has 0 saturated carbocycles. The molecule has 0 N–H and O–H groups in total. The summed E-state index contributed by atoms with van der Waals surface area (Å²) in [6.45, 7) is 3.06. The van der Waals surface area contributed by atoms with Crippen LogP contribution >= 0.6 is 11.3 Å². The van der Waals surface area contributed by atoms with Crippen LogP contribution in [0.1, 0.15) is 50.6 Å². The van der Waals surface area contributed by atoms with E-state index in [-0.39, 0.29) is 61.8 Å². The van der Waals surface area contributed by atoms with E-state index in [2.05, 4.69) is 0 Å². The first kappa shape index (κ1) is 23.7. The Bertz CT molecular complexity index is 1030. The molecule has 32 heavy (non-hydrogen) atoms. The van der Waals surface area contributed by atoms with Crippen LogP contribution in [0.3, 0.4) is 0 Å². The van der Waals surface area contributed by atoms with Crippen molar-refractivity contribution in [2.45, 2.75) is 32.6 Å². The summed E-state index contributed by atoms with van der Waals surface area (Å²) in [4.78, 5) is 53.8. The molecule has 6 nitrogen and oxygen atoms in total. The number of rotatable bonds is 8. The summed E-state index contributed by atoms with van der Waals surface area (Å²) < 4.78 is 26.4. The summed E-state index contributed by atoms with van der Waals surface area (Å²) in [6.07, 6.45) is 0.378. The fourth-order valence-corrected chi connectivity index (χ4v) is 4.30. The smallest absolute Gasteiger partial charge is 0.254 e. The maximum Gasteiger partial charge on any atom is 0.254 e. The van der Waals surface area contributed by atoms with Crippen molar-refractivity contribution >= 4 is 34.7 Å². The molecular weight excluding hydrogens is 438 g/mol. The SMILES string of the molecule is Cc1ccc(C(=O)CCC(=O)CCC(=O)N2CCN(C(=O)c3ccc(F)c(F)c3)CC2)s1. The fraction of sp³-hybridized carbons (Fsp3) is 0.391. The summed E-state index contributed by atoms with van der Waals surface area (Å²) in [5, 5.41) is 0. The van der Waals surface area contributed by atoms with Crippen molar-refractivity contribution in [2.24, 2.45) is 0 Å². The minimum atomic E-state index is -1.08. The number of piperazine rings is 1. The van der Waals surface area contributed by atoms with Gasteiger partial charge in [0, 0.05) is 62.3 Å². The van der Waals surface area contributed by atoms with Crippen molar-refractivity contribution in [3.63, 3.8) is 0 Å². The van der Waals surface area contributed by atoms with Gasteiger partial charge in [-0.05, 0) is 37.3 Å². The highest BCUT2D eigenvalue weighted by molar-refractivity contribution is 7.14. The molecule has 1 saturated heterocycles. The van der Waals surface area contributed by atoms with Gasteiger partial charge >= 0.3 is 0 Å². The highest BCUT2D eigenvalue weighted by Gasteiger charge is 2.25. The number of Topliss-reactive ketones (excluding diaryl/α,β-unsaturated/α-hetero) is 2. The normalized spacial score (nSPS) is 13.8. The van der Waals surface area contributed by atoms with Gasteiger partial charge in [-0.15, -0.1) is 11.3 Å². The van der Waals surface area contributed by atoms with Gasteiger partial charge < -0.3 is 9.80 Å². The van der Waals surface area contributed by atoms with E-state index >= 15 is 0 Å². The number of aryl methyl sites for hydroxylation is 1. The van der Waals surface area contributed by atoms with Crippen molar-refractivity contribution in [1.82, 2.24) is 9.80 Å². The number of amides is 2. The average Bonchev–Trinajstić information content (AvgIpc) is 3.23. The molecule has 0 unspecified atom stereocenters. The van der Waals surface area contributed by atoms with Gasteiger partial charge in [0.25, 0.3) is 5.91 Å². The molecule has 0 atom stereocenters. The second kappa shape index (κ2) is 10.6. The highest BCUT2D eigenvalue weighted by Crippen LogP contribution is 2.18. The lowest BCUT2D eigenvalue weighted by Gasteiger charge is -2.35. The van der Waals surface area contributed by atoms with E-state index < -0.39 is 17.5 Å². The molecule has 2 amide bonds. The van der Waals surface area contributed by atoms with E-state index in [1.165, 1.54) is 22.3 Å². The number of halogens is 2. The second-order valence-electron chi connectivity index (χ2n) is 7.67. The Labute approximate surface area is 188 Å². The minimum Gasteiger partial charge on any atom is -0.339 e. The quantitative estimate of drug-likeness (QED) is 0.562. The number of benzene rings is 1. The molecule has 3 rings (SSSR count). The monoisotopic (exact) mass is 462 g/mol. The number of thiophene rings is 1. The molecule has 0 bridgehead atoms. The summed E-state index contributed by atoms with van der Waals surface area (Å²) >= 11 is 1.40. The van der Waals surface area contributed by atoms with Crippen molar-refractivity contribution in [3.8, 4) is 0 Å². The van der Waals surface area contributed by atoms with E-state index in [9.17, 15) is 28.0 Å². The van der Waals surface area contributed by atoms with Gasteiger partial charge in [-0.25, -0.2) is 8.78 Å². The van der Waals surface area contributed by atoms with Crippen molar-refractivity contribution in [3.05, 3.63) is 57.3 Å². The molecule has 1 aliphatic heterocycles. The molecule has 170 valence electrons. The highest BCUT2D eigenvalue weighted by atomic mass is 32.1. The van der Waals surface area contributed by atoms with Crippen LogP contribution in [-0.4, -0.2) is 59.4 Å². The van der Waals surface area contributed by atoms with Crippen molar-refractivity contribution in [1.29, 1.82) is 0 Å². The number of carbonyl (C=O) groups is 4. The molecule has 2 aromatic rings. The molecule has 0 radical (unpaired) electrons. The standard InChI is InChI=1S/C23H24F2N2O4S/c1-15-2-8-21(32-15)20(29)7-4-17(28)5-9-22(30)26-10-12-27(13-11-26)23(31)16-3-6-18(24)19(25)14-16/h2-3,6,8,14H,4-5,7,9-13H2,1H3. The number of carbonyl (C=O) groups excluding carboxylic acids is 4. The maximum atomic E-state index is 13.4. The van der Waals surface area contributed by atoms with Crippen LogP contribution < -0.4 is 0 Å². The van der Waals surface area contributed by atoms with E-state index in [4.69, 9.17) is 0 Å². The average molecular weight is 463 g/mol. The zero-order valence-electron chi connectivity index (χ0n) is 17.7. The van der Waals surface area contributed by atoms with Crippen LogP contribution in [0.2, 0.25) is 0 Å². The van der Waals surface area contributed by atoms with Gasteiger partial charge in [-0.1, -0.05) is 0 Å². The lowest BCUT2D eigenvalue weighted by atomic mass is 10.1. The van der Waals surface area contributed by atoms with Crippen molar-refractivity contribution < 1.29 is 28.0 Å². The Morgan fingerprint density at radius 1 is 0.844 bits per heavy atom. The molecule has 9 heteroatoms. The lowest BCUT2D eigenvalue weighted by Crippen LogP contribution is -2.50. The van der Waals surface area contributed by atoms with E-state index in [1.54, 1.807) is 11.0 Å². The molecule has 0 aliphatic carbocycles. The molecule has 1 aromatic carbocycles. The third-order valence-electron chi connectivity index (χ3n) is 5.35. The zero-order chi connectivity index (χ0) is 23.3. The van der Waals surface area contributed by atoms with Gasteiger partial charge in [-0.2, -0.15) is 0 Å². The van der Waals surface area contributed by atoms with Crippen LogP contribution in [0, 0.1) is 18.6 Å². The zero-order valence-corrected chi connectivity index (χ0v) is 18.6. The Morgan fingerprint density at radius 2 is 1.50 bits per heavy atom. The molecule has 2 heterocycles. The molecule has 1 aliphatic rings. The maximum absolute atomic E-state index is 13.4. The van der Waals surface area contributed by atoms with Crippen molar-refractivity contribution in [2.75, 3.05) is 26.2 Å². The Morgan fingerprint density at radius 3 is 2.12 bits per heavy atom. The number of ketones is 2. The third kappa shape index (κ3) is 6.06. The minimum absolute atomic E-state index is 0.0570. The Hall–Kier alpha value is -2.94. The Balaban J connectivity index is 1.39. The Kier molecular flexibility index (Phi) is 7.84. The van der Waals surface area contributed by atoms with Crippen LogP contribution in [0.5, 0.6) is 0 Å². The van der Waals surface area contributed by atoms with Crippen LogP contribution in [0.15, 0.2) is 30.3 Å². The lowest BCUT2D eigenvalue weighted by molar-refractivity contribution is -0.134. The fourth-order valence-electron chi connectivity index (χ4n) is 3.46. The van der Waals surface area contributed by atoms with Gasteiger partial charge in [0.1, 0.15) is 5.78 Å². The summed E-state index contributed by atoms with van der Waals surface area (Å²) in [6, 6.07) is 6.63. The van der Waals surface area contributed by atoms with Crippen LogP contribution in [0.4, 0.5) is 8.78 Å². The molecule has 0 spiro atoms. The first-order valence-corrected chi connectivity index (χ1v) is 11.2. The van der Waals surface area contributed by atoms with Gasteiger partial charge in [0.2, 0.25) is 5.91 Å². The number of hydrogen-bond acceptors (Lipinski definition) is 5. The summed E-state index contributed by atoms with van der Waals surface area (Å²) in [5.74, 6) is -2.90. The first-order chi connectivity index (χ1) is 15.2. The van der Waals surface area contributed by atoms with E-state index in [0.717, 1.165) is 17.0 Å². The van der Waals surface area contributed by atoms with Crippen LogP contribution in [-0.2, 0) is 9.59 Å². The predicted molar refractivity (Wildman–Crippen MR) is 116 cm³/mol. The first-order valence-electron chi connectivity index (χ1n) is 10.4. The number of hydrogen-bond donors (Lipinski definition) is 0. The third-order valence-corrected chi connectivity index (χ3v) is 6.39. The van der Waals surface area contributed by atoms with E-state index in [0.29, 0.717) is 18.0 Å². The topological polar surface area (TPSA) is 74.8 Å². The van der Waals surface area contributed by atoms with Gasteiger partial charge in [-0.3, -0.25) is 19.2 Å². The predicted octanol–water partition coefficient (Wildman–Crippen LogP) is 3.63. The van der Waals surface area contributed by atoms with Crippen LogP contribution in [0.25, 0.3) is 0 Å². The molecular formula is C23H24F2N2O4S. The van der Waals surface area contributed by atoms with Gasteiger partial charge in [0.05, 0.1) is 4.88 Å². The summed E-state index contributed by atoms with van der Waals surface area (Å²) in [5.41, 5.74) is 0.0570. The molecule has 1 aromatic heterocycles. The van der Waals surface area contributed by atoms with Gasteiger partial charge in [0.15, 0.2) is 17.4 Å². The summed E-state index contributed by atoms with van der Waals surface area (Å²) in [7, 11) is 0. The number of nitrogens with zero attached hydrogens (tertiary/aromatic N) is 2. The largest absolute Gasteiger partial charge is 0.339 e. The molecule has 1 fully saturated rings. The second-order valence-corrected chi connectivity index (χ2v) is 8.96.